The number of para-hydroxylation sites is 1. The minimum atomic E-state index is 0.364. The maximum absolute atomic E-state index is 5.93. The van der Waals surface area contributed by atoms with E-state index in [1.165, 1.54) is 0 Å². The molecule has 3 rings (SSSR count). The Balaban J connectivity index is 1.71. The molecule has 0 saturated carbocycles. The molecule has 0 fully saturated rings. The quantitative estimate of drug-likeness (QED) is 0.689. The van der Waals surface area contributed by atoms with E-state index < -0.39 is 0 Å². The second-order valence-electron chi connectivity index (χ2n) is 4.21. The molecule has 0 aliphatic rings. The Kier molecular flexibility index (Phi) is 3.65. The van der Waals surface area contributed by atoms with Gasteiger partial charge in [-0.15, -0.1) is 0 Å². The molecular weight excluding hydrogens is 274 g/mol. The van der Waals surface area contributed by atoms with Crippen LogP contribution in [0.1, 0.15) is 5.56 Å². The zero-order valence-corrected chi connectivity index (χ0v) is 11.4. The summed E-state index contributed by atoms with van der Waals surface area (Å²) < 4.78 is 7.43. The van der Waals surface area contributed by atoms with Crippen molar-refractivity contribution in [1.29, 1.82) is 0 Å². The third-order valence-electron chi connectivity index (χ3n) is 2.78. The molecule has 5 heteroatoms. The molecule has 4 nitrogen and oxygen atoms in total. The lowest BCUT2D eigenvalue weighted by atomic mass is 10.3. The van der Waals surface area contributed by atoms with Gasteiger partial charge in [0.25, 0.3) is 0 Å². The SMILES string of the molecule is Clc1ncccc1OCc1cnn(-c2ccccc2)c1. The Labute approximate surface area is 121 Å². The summed E-state index contributed by atoms with van der Waals surface area (Å²) in [7, 11) is 0. The van der Waals surface area contributed by atoms with Crippen LogP contribution in [-0.4, -0.2) is 14.8 Å². The Morgan fingerprint density at radius 2 is 1.95 bits per heavy atom. The van der Waals surface area contributed by atoms with E-state index in [-0.39, 0.29) is 0 Å². The van der Waals surface area contributed by atoms with Crippen LogP contribution in [0.5, 0.6) is 5.75 Å². The molecule has 20 heavy (non-hydrogen) atoms. The van der Waals surface area contributed by atoms with Crippen molar-refractivity contribution < 1.29 is 4.74 Å². The van der Waals surface area contributed by atoms with Crippen molar-refractivity contribution >= 4 is 11.6 Å². The zero-order chi connectivity index (χ0) is 13.8. The molecule has 100 valence electrons. The molecule has 0 aliphatic carbocycles. The molecule has 0 amide bonds. The lowest BCUT2D eigenvalue weighted by Gasteiger charge is -2.05. The van der Waals surface area contributed by atoms with Crippen LogP contribution in [0, 0.1) is 0 Å². The summed E-state index contributed by atoms with van der Waals surface area (Å²) in [5.41, 5.74) is 1.98. The van der Waals surface area contributed by atoms with Gasteiger partial charge in [0.1, 0.15) is 6.61 Å². The van der Waals surface area contributed by atoms with Gasteiger partial charge in [0.2, 0.25) is 0 Å². The maximum atomic E-state index is 5.93. The maximum Gasteiger partial charge on any atom is 0.171 e. The topological polar surface area (TPSA) is 39.9 Å². The fourth-order valence-electron chi connectivity index (χ4n) is 1.80. The van der Waals surface area contributed by atoms with Gasteiger partial charge < -0.3 is 4.74 Å². The Bertz CT molecular complexity index is 697. The number of halogens is 1. The third-order valence-corrected chi connectivity index (χ3v) is 3.06. The van der Waals surface area contributed by atoms with Gasteiger partial charge in [0.05, 0.1) is 11.9 Å². The molecule has 0 radical (unpaired) electrons. The molecule has 0 unspecified atom stereocenters. The van der Waals surface area contributed by atoms with Gasteiger partial charge in [-0.1, -0.05) is 29.8 Å². The molecule has 0 N–H and O–H groups in total. The molecular formula is C15H12ClN3O. The molecule has 2 heterocycles. The Morgan fingerprint density at radius 1 is 1.10 bits per heavy atom. The van der Waals surface area contributed by atoms with E-state index in [4.69, 9.17) is 16.3 Å². The summed E-state index contributed by atoms with van der Waals surface area (Å²) in [6, 6.07) is 13.5. The van der Waals surface area contributed by atoms with Crippen molar-refractivity contribution in [2.45, 2.75) is 6.61 Å². The first-order valence-corrected chi connectivity index (χ1v) is 6.53. The number of nitrogens with zero attached hydrogens (tertiary/aromatic N) is 3. The van der Waals surface area contributed by atoms with Crippen LogP contribution in [0.15, 0.2) is 61.1 Å². The van der Waals surface area contributed by atoms with Crippen molar-refractivity contribution in [2.75, 3.05) is 0 Å². The first-order chi connectivity index (χ1) is 9.83. The van der Waals surface area contributed by atoms with Gasteiger partial charge in [-0.2, -0.15) is 5.10 Å². The highest BCUT2D eigenvalue weighted by Crippen LogP contribution is 2.21. The fraction of sp³-hybridized carbons (Fsp3) is 0.0667. The minimum Gasteiger partial charge on any atom is -0.486 e. The molecule has 0 atom stereocenters. The van der Waals surface area contributed by atoms with Crippen LogP contribution < -0.4 is 4.74 Å². The molecule has 0 aliphatic heterocycles. The summed E-state index contributed by atoms with van der Waals surface area (Å²) >= 11 is 5.93. The predicted octanol–water partition coefficient (Wildman–Crippen LogP) is 3.50. The number of hydrogen-bond donors (Lipinski definition) is 0. The highest BCUT2D eigenvalue weighted by Gasteiger charge is 2.04. The second-order valence-corrected chi connectivity index (χ2v) is 4.57. The molecule has 0 spiro atoms. The lowest BCUT2D eigenvalue weighted by Crippen LogP contribution is -1.96. The summed E-state index contributed by atoms with van der Waals surface area (Å²) in [6.07, 6.45) is 5.33. The second kappa shape index (κ2) is 5.75. The first kappa shape index (κ1) is 12.7. The average Bonchev–Trinajstić information content (AvgIpc) is 2.96. The van der Waals surface area contributed by atoms with Crippen molar-refractivity contribution in [2.24, 2.45) is 0 Å². The molecule has 0 saturated heterocycles. The summed E-state index contributed by atoms with van der Waals surface area (Å²) in [5.74, 6) is 0.571. The summed E-state index contributed by atoms with van der Waals surface area (Å²) in [6.45, 7) is 0.401. The van der Waals surface area contributed by atoms with Gasteiger partial charge in [-0.3, -0.25) is 0 Å². The van der Waals surface area contributed by atoms with E-state index in [9.17, 15) is 0 Å². The largest absolute Gasteiger partial charge is 0.486 e. The van der Waals surface area contributed by atoms with E-state index in [1.54, 1.807) is 24.5 Å². The van der Waals surface area contributed by atoms with Crippen LogP contribution in [0.3, 0.4) is 0 Å². The lowest BCUT2D eigenvalue weighted by molar-refractivity contribution is 0.305. The third kappa shape index (κ3) is 2.81. The molecule has 3 aromatic rings. The molecule has 1 aromatic carbocycles. The summed E-state index contributed by atoms with van der Waals surface area (Å²) in [4.78, 5) is 3.96. The van der Waals surface area contributed by atoms with Crippen molar-refractivity contribution in [1.82, 2.24) is 14.8 Å². The standard InChI is InChI=1S/C15H12ClN3O/c16-15-14(7-4-8-17-15)20-11-12-9-18-19(10-12)13-5-2-1-3-6-13/h1-10H,11H2. The van der Waals surface area contributed by atoms with E-state index in [2.05, 4.69) is 10.1 Å². The normalized spacial score (nSPS) is 10.4. The van der Waals surface area contributed by atoms with Crippen molar-refractivity contribution in [3.63, 3.8) is 0 Å². The molecule has 0 bridgehead atoms. The van der Waals surface area contributed by atoms with Gasteiger partial charge in [0, 0.05) is 18.0 Å². The molecule has 2 aromatic heterocycles. The van der Waals surface area contributed by atoms with E-state index in [1.807, 2.05) is 41.2 Å². The minimum absolute atomic E-state index is 0.364. The van der Waals surface area contributed by atoms with Crippen LogP contribution in [-0.2, 0) is 6.61 Å². The zero-order valence-electron chi connectivity index (χ0n) is 10.6. The Morgan fingerprint density at radius 3 is 2.75 bits per heavy atom. The summed E-state index contributed by atoms with van der Waals surface area (Å²) in [5, 5.41) is 4.67. The number of benzene rings is 1. The van der Waals surface area contributed by atoms with Crippen molar-refractivity contribution in [3.05, 3.63) is 71.8 Å². The van der Waals surface area contributed by atoms with Gasteiger partial charge in [0.15, 0.2) is 10.9 Å². The van der Waals surface area contributed by atoms with Gasteiger partial charge in [-0.05, 0) is 24.3 Å². The number of aromatic nitrogens is 3. The fourth-order valence-corrected chi connectivity index (χ4v) is 1.97. The van der Waals surface area contributed by atoms with Crippen molar-refractivity contribution in [3.8, 4) is 11.4 Å². The monoisotopic (exact) mass is 285 g/mol. The average molecular weight is 286 g/mol. The van der Waals surface area contributed by atoms with Gasteiger partial charge in [-0.25, -0.2) is 9.67 Å². The van der Waals surface area contributed by atoms with Crippen LogP contribution in [0.2, 0.25) is 5.15 Å². The van der Waals surface area contributed by atoms with E-state index >= 15 is 0 Å². The number of ether oxygens (including phenoxy) is 1. The first-order valence-electron chi connectivity index (χ1n) is 6.15. The van der Waals surface area contributed by atoms with E-state index in [0.29, 0.717) is 17.5 Å². The number of pyridine rings is 1. The smallest absolute Gasteiger partial charge is 0.171 e. The highest BCUT2D eigenvalue weighted by atomic mass is 35.5. The number of rotatable bonds is 4. The van der Waals surface area contributed by atoms with E-state index in [0.717, 1.165) is 11.3 Å². The van der Waals surface area contributed by atoms with Crippen LogP contribution in [0.4, 0.5) is 0 Å². The van der Waals surface area contributed by atoms with Gasteiger partial charge >= 0.3 is 0 Å². The van der Waals surface area contributed by atoms with Crippen LogP contribution in [0.25, 0.3) is 5.69 Å². The van der Waals surface area contributed by atoms with Crippen LogP contribution >= 0.6 is 11.6 Å². The Hall–Kier alpha value is -2.33. The highest BCUT2D eigenvalue weighted by molar-refractivity contribution is 6.30. The predicted molar refractivity (Wildman–Crippen MR) is 77.1 cm³/mol. The number of hydrogen-bond acceptors (Lipinski definition) is 3.